The number of H-pyrrole nitrogens is 1. The molecular formula is C15H14N2. The zero-order valence-corrected chi connectivity index (χ0v) is 9.45. The van der Waals surface area contributed by atoms with Crippen molar-refractivity contribution >= 4 is 12.2 Å². The lowest BCUT2D eigenvalue weighted by atomic mass is 10.2. The zero-order valence-electron chi connectivity index (χ0n) is 9.45. The Kier molecular flexibility index (Phi) is 4.12. The van der Waals surface area contributed by atoms with Gasteiger partial charge in [-0.3, -0.25) is 5.10 Å². The number of hydrogen-bond donors (Lipinski definition) is 1. The summed E-state index contributed by atoms with van der Waals surface area (Å²) in [7, 11) is 0. The van der Waals surface area contributed by atoms with E-state index >= 15 is 0 Å². The van der Waals surface area contributed by atoms with Crippen LogP contribution in [0.25, 0.3) is 12.2 Å². The molecular weight excluding hydrogens is 208 g/mol. The number of hydrogen-bond acceptors (Lipinski definition) is 1. The molecule has 0 amide bonds. The fourth-order valence-electron chi connectivity index (χ4n) is 1.38. The Morgan fingerprint density at radius 3 is 2.29 bits per heavy atom. The number of rotatable bonds is 4. The highest BCUT2D eigenvalue weighted by Crippen LogP contribution is 2.01. The molecule has 0 unspecified atom stereocenters. The molecule has 0 saturated carbocycles. The summed E-state index contributed by atoms with van der Waals surface area (Å²) in [5.74, 6) is 0. The van der Waals surface area contributed by atoms with E-state index in [0.717, 1.165) is 5.69 Å². The first-order chi connectivity index (χ1) is 8.45. The first-order valence-electron chi connectivity index (χ1n) is 5.51. The third kappa shape index (κ3) is 3.95. The van der Waals surface area contributed by atoms with Crippen LogP contribution in [-0.2, 0) is 0 Å². The molecule has 0 saturated heterocycles. The molecule has 0 bridgehead atoms. The minimum atomic E-state index is 1.00. The van der Waals surface area contributed by atoms with Crippen LogP contribution >= 0.6 is 0 Å². The summed E-state index contributed by atoms with van der Waals surface area (Å²) in [4.78, 5) is 0. The average Bonchev–Trinajstić information content (AvgIpc) is 2.88. The van der Waals surface area contributed by atoms with Crippen molar-refractivity contribution in [1.82, 2.24) is 10.2 Å². The summed E-state index contributed by atoms with van der Waals surface area (Å²) in [5, 5.41) is 6.73. The number of allylic oxidation sites excluding steroid dienone is 4. The summed E-state index contributed by atoms with van der Waals surface area (Å²) in [6, 6.07) is 12.1. The lowest BCUT2D eigenvalue weighted by Gasteiger charge is -1.87. The lowest BCUT2D eigenvalue weighted by molar-refractivity contribution is 1.08. The van der Waals surface area contributed by atoms with Gasteiger partial charge in [0.05, 0.1) is 5.69 Å². The summed E-state index contributed by atoms with van der Waals surface area (Å²) in [6.07, 6.45) is 13.8. The predicted molar refractivity (Wildman–Crippen MR) is 72.2 cm³/mol. The maximum atomic E-state index is 3.86. The van der Waals surface area contributed by atoms with Crippen molar-refractivity contribution in [2.45, 2.75) is 0 Å². The van der Waals surface area contributed by atoms with Crippen molar-refractivity contribution in [3.63, 3.8) is 0 Å². The van der Waals surface area contributed by atoms with Crippen molar-refractivity contribution < 1.29 is 0 Å². The van der Waals surface area contributed by atoms with Gasteiger partial charge in [-0.25, -0.2) is 0 Å². The van der Waals surface area contributed by atoms with Crippen molar-refractivity contribution in [1.29, 1.82) is 0 Å². The number of aromatic amines is 1. The first-order valence-corrected chi connectivity index (χ1v) is 5.51. The summed E-state index contributed by atoms with van der Waals surface area (Å²) in [6.45, 7) is 0. The molecule has 0 spiro atoms. The molecule has 84 valence electrons. The third-order valence-corrected chi connectivity index (χ3v) is 2.22. The smallest absolute Gasteiger partial charge is 0.0577 e. The Balaban J connectivity index is 1.84. The Morgan fingerprint density at radius 2 is 1.59 bits per heavy atom. The van der Waals surface area contributed by atoms with Crippen LogP contribution in [0.5, 0.6) is 0 Å². The molecule has 1 N–H and O–H groups in total. The van der Waals surface area contributed by atoms with Crippen molar-refractivity contribution in [2.24, 2.45) is 0 Å². The Morgan fingerprint density at radius 1 is 0.824 bits per heavy atom. The van der Waals surface area contributed by atoms with Crippen molar-refractivity contribution in [3.8, 4) is 0 Å². The maximum Gasteiger partial charge on any atom is 0.0577 e. The second-order valence-electron chi connectivity index (χ2n) is 3.53. The quantitative estimate of drug-likeness (QED) is 0.785. The molecule has 0 aliphatic rings. The fourth-order valence-corrected chi connectivity index (χ4v) is 1.38. The second-order valence-corrected chi connectivity index (χ2v) is 3.53. The molecule has 17 heavy (non-hydrogen) atoms. The zero-order chi connectivity index (χ0) is 11.8. The van der Waals surface area contributed by atoms with Gasteiger partial charge in [0.2, 0.25) is 0 Å². The molecule has 1 aromatic carbocycles. The molecule has 1 heterocycles. The number of aromatic nitrogens is 2. The molecule has 0 fully saturated rings. The van der Waals surface area contributed by atoms with Crippen LogP contribution in [-0.4, -0.2) is 10.2 Å². The van der Waals surface area contributed by atoms with E-state index in [0.29, 0.717) is 0 Å². The molecule has 2 aromatic rings. The van der Waals surface area contributed by atoms with E-state index in [1.54, 1.807) is 6.20 Å². The van der Waals surface area contributed by atoms with Crippen molar-refractivity contribution in [2.75, 3.05) is 0 Å². The lowest BCUT2D eigenvalue weighted by Crippen LogP contribution is -1.68. The minimum absolute atomic E-state index is 1.00. The SMILES string of the molecule is C(C=Cc1ccn[nH]1)=C/C=C/c1ccccc1. The molecule has 0 aliphatic carbocycles. The Hall–Kier alpha value is -2.35. The van der Waals surface area contributed by atoms with Crippen LogP contribution in [0, 0.1) is 0 Å². The van der Waals surface area contributed by atoms with Gasteiger partial charge >= 0.3 is 0 Å². The highest BCUT2D eigenvalue weighted by molar-refractivity contribution is 5.51. The van der Waals surface area contributed by atoms with Crippen LogP contribution < -0.4 is 0 Å². The topological polar surface area (TPSA) is 28.7 Å². The molecule has 0 radical (unpaired) electrons. The van der Waals surface area contributed by atoms with Crippen LogP contribution in [0.15, 0.2) is 66.9 Å². The maximum absolute atomic E-state index is 3.86. The van der Waals surface area contributed by atoms with E-state index < -0.39 is 0 Å². The van der Waals surface area contributed by atoms with Gasteiger partial charge in [-0.2, -0.15) is 5.10 Å². The summed E-state index contributed by atoms with van der Waals surface area (Å²) in [5.41, 5.74) is 2.20. The molecule has 0 aliphatic heterocycles. The second kappa shape index (κ2) is 6.28. The van der Waals surface area contributed by atoms with Crippen LogP contribution in [0.1, 0.15) is 11.3 Å². The molecule has 2 nitrogen and oxygen atoms in total. The summed E-state index contributed by atoms with van der Waals surface area (Å²) < 4.78 is 0. The highest BCUT2D eigenvalue weighted by atomic mass is 15.1. The predicted octanol–water partition coefficient (Wildman–Crippen LogP) is 3.69. The number of nitrogens with zero attached hydrogens (tertiary/aromatic N) is 1. The van der Waals surface area contributed by atoms with E-state index in [1.165, 1.54) is 5.56 Å². The molecule has 2 heteroatoms. The number of benzene rings is 1. The highest BCUT2D eigenvalue weighted by Gasteiger charge is 1.82. The van der Waals surface area contributed by atoms with E-state index in [1.807, 2.05) is 54.6 Å². The minimum Gasteiger partial charge on any atom is -0.278 e. The van der Waals surface area contributed by atoms with E-state index in [4.69, 9.17) is 0 Å². The average molecular weight is 222 g/mol. The molecule has 2 rings (SSSR count). The fraction of sp³-hybridized carbons (Fsp3) is 0. The van der Waals surface area contributed by atoms with Gasteiger partial charge in [0.1, 0.15) is 0 Å². The normalized spacial score (nSPS) is 12.0. The monoisotopic (exact) mass is 222 g/mol. The van der Waals surface area contributed by atoms with Crippen LogP contribution in [0.2, 0.25) is 0 Å². The molecule has 0 atom stereocenters. The van der Waals surface area contributed by atoms with E-state index in [-0.39, 0.29) is 0 Å². The van der Waals surface area contributed by atoms with Gasteiger partial charge < -0.3 is 0 Å². The summed E-state index contributed by atoms with van der Waals surface area (Å²) >= 11 is 0. The Bertz CT molecular complexity index is 505. The van der Waals surface area contributed by atoms with Gasteiger partial charge in [-0.05, 0) is 17.7 Å². The van der Waals surface area contributed by atoms with E-state index in [9.17, 15) is 0 Å². The van der Waals surface area contributed by atoms with Gasteiger partial charge in [0.15, 0.2) is 0 Å². The number of nitrogens with one attached hydrogen (secondary N) is 1. The van der Waals surface area contributed by atoms with Crippen LogP contribution in [0.3, 0.4) is 0 Å². The van der Waals surface area contributed by atoms with Gasteiger partial charge in [-0.15, -0.1) is 0 Å². The van der Waals surface area contributed by atoms with Gasteiger partial charge in [0, 0.05) is 6.20 Å². The Labute approximate surface area is 101 Å². The van der Waals surface area contributed by atoms with Gasteiger partial charge in [0.25, 0.3) is 0 Å². The van der Waals surface area contributed by atoms with E-state index in [2.05, 4.69) is 28.4 Å². The standard InChI is InChI=1S/C15H14N2/c1(2-7-11-15-12-13-16-17-15)4-8-14-9-5-3-6-10-14/h1-13H,(H,16,17)/b2-1?,8-4+,11-7?. The largest absolute Gasteiger partial charge is 0.278 e. The first kappa shape index (κ1) is 11.1. The van der Waals surface area contributed by atoms with Crippen molar-refractivity contribution in [3.05, 3.63) is 78.2 Å². The van der Waals surface area contributed by atoms with Gasteiger partial charge in [-0.1, -0.05) is 60.7 Å². The third-order valence-electron chi connectivity index (χ3n) is 2.22. The molecule has 1 aromatic heterocycles. The van der Waals surface area contributed by atoms with Crippen LogP contribution in [0.4, 0.5) is 0 Å².